The zero-order valence-electron chi connectivity index (χ0n) is 15.1. The Bertz CT molecular complexity index is 890. The summed E-state index contributed by atoms with van der Waals surface area (Å²) in [6.45, 7) is 3.88. The molecule has 0 unspecified atom stereocenters. The summed E-state index contributed by atoms with van der Waals surface area (Å²) in [6.07, 6.45) is 2.44. The molecule has 1 aromatic carbocycles. The number of amides is 1. The Hall–Kier alpha value is -2.89. The molecule has 2 N–H and O–H groups in total. The molecule has 0 radical (unpaired) electrons. The molecule has 6 heteroatoms. The summed E-state index contributed by atoms with van der Waals surface area (Å²) < 4.78 is 5.53. The summed E-state index contributed by atoms with van der Waals surface area (Å²) in [5.41, 5.74) is 2.58. The van der Waals surface area contributed by atoms with E-state index >= 15 is 0 Å². The second kappa shape index (κ2) is 7.99. The van der Waals surface area contributed by atoms with E-state index in [9.17, 15) is 9.59 Å². The maximum absolute atomic E-state index is 12.0. The van der Waals surface area contributed by atoms with E-state index in [-0.39, 0.29) is 11.7 Å². The molecular formula is C20H23N3O3. The highest BCUT2D eigenvalue weighted by Gasteiger charge is 2.12. The zero-order valence-corrected chi connectivity index (χ0v) is 15.1. The first-order chi connectivity index (χ1) is 12.5. The van der Waals surface area contributed by atoms with E-state index < -0.39 is 0 Å². The molecule has 0 fully saturated rings. The van der Waals surface area contributed by atoms with Crippen molar-refractivity contribution in [2.45, 2.75) is 39.5 Å². The molecule has 0 bridgehead atoms. The molecule has 0 saturated heterocycles. The van der Waals surface area contributed by atoms with Crippen LogP contribution in [0.2, 0.25) is 0 Å². The minimum Gasteiger partial charge on any atom is -0.466 e. The second-order valence-corrected chi connectivity index (χ2v) is 6.39. The lowest BCUT2D eigenvalue weighted by molar-refractivity contribution is -0.121. The lowest BCUT2D eigenvalue weighted by Gasteiger charge is -2.03. The molecule has 26 heavy (non-hydrogen) atoms. The fourth-order valence-electron chi connectivity index (χ4n) is 2.95. The minimum atomic E-state index is -0.0208. The summed E-state index contributed by atoms with van der Waals surface area (Å²) in [6, 6.07) is 9.65. The predicted molar refractivity (Wildman–Crippen MR) is 99.2 cm³/mol. The Kier molecular flexibility index (Phi) is 5.51. The summed E-state index contributed by atoms with van der Waals surface area (Å²) >= 11 is 0. The van der Waals surface area contributed by atoms with Gasteiger partial charge in [0.25, 0.3) is 0 Å². The van der Waals surface area contributed by atoms with Crippen LogP contribution in [0.25, 0.3) is 11.0 Å². The summed E-state index contributed by atoms with van der Waals surface area (Å²) in [4.78, 5) is 31.2. The number of carbonyl (C=O) groups is 2. The van der Waals surface area contributed by atoms with Gasteiger partial charge in [-0.3, -0.25) is 9.59 Å². The smallest absolute Gasteiger partial charge is 0.220 e. The first-order valence-electron chi connectivity index (χ1n) is 8.83. The molecule has 0 aliphatic heterocycles. The van der Waals surface area contributed by atoms with Gasteiger partial charge in [-0.05, 0) is 38.5 Å². The van der Waals surface area contributed by atoms with Gasteiger partial charge in [0.2, 0.25) is 5.91 Å². The molecular weight excluding hydrogens is 330 g/mol. The Labute approximate surface area is 152 Å². The van der Waals surface area contributed by atoms with Crippen LogP contribution in [-0.2, 0) is 17.6 Å². The van der Waals surface area contributed by atoms with Crippen molar-refractivity contribution >= 4 is 22.7 Å². The number of imidazole rings is 1. The van der Waals surface area contributed by atoms with Crippen LogP contribution in [0.3, 0.4) is 0 Å². The van der Waals surface area contributed by atoms with E-state index in [4.69, 9.17) is 4.42 Å². The number of aromatic nitrogens is 2. The molecule has 0 atom stereocenters. The van der Waals surface area contributed by atoms with Gasteiger partial charge in [-0.25, -0.2) is 4.98 Å². The molecule has 0 aliphatic carbocycles. The van der Waals surface area contributed by atoms with E-state index in [1.54, 1.807) is 13.0 Å². The third kappa shape index (κ3) is 4.39. The van der Waals surface area contributed by atoms with Gasteiger partial charge in [0.15, 0.2) is 5.78 Å². The largest absolute Gasteiger partial charge is 0.466 e. The van der Waals surface area contributed by atoms with Crippen molar-refractivity contribution in [1.29, 1.82) is 0 Å². The van der Waals surface area contributed by atoms with E-state index in [2.05, 4.69) is 15.3 Å². The molecule has 1 amide bonds. The molecule has 0 aliphatic rings. The van der Waals surface area contributed by atoms with Gasteiger partial charge in [0.1, 0.15) is 17.3 Å². The zero-order chi connectivity index (χ0) is 18.5. The van der Waals surface area contributed by atoms with Crippen LogP contribution in [0.4, 0.5) is 0 Å². The van der Waals surface area contributed by atoms with Crippen LogP contribution >= 0.6 is 0 Å². The molecule has 0 saturated carbocycles. The molecule has 2 heterocycles. The maximum atomic E-state index is 12.0. The number of hydrogen-bond acceptors (Lipinski definition) is 4. The Morgan fingerprint density at radius 2 is 2.04 bits per heavy atom. The van der Waals surface area contributed by atoms with E-state index in [1.165, 1.54) is 6.92 Å². The number of furan rings is 1. The number of benzene rings is 1. The predicted octanol–water partition coefficient (Wildman–Crippen LogP) is 3.35. The lowest BCUT2D eigenvalue weighted by atomic mass is 10.1. The molecule has 6 nitrogen and oxygen atoms in total. The maximum Gasteiger partial charge on any atom is 0.220 e. The van der Waals surface area contributed by atoms with Crippen LogP contribution in [-0.4, -0.2) is 28.2 Å². The van der Waals surface area contributed by atoms with Crippen molar-refractivity contribution < 1.29 is 14.0 Å². The lowest BCUT2D eigenvalue weighted by Crippen LogP contribution is -2.25. The summed E-state index contributed by atoms with van der Waals surface area (Å²) in [7, 11) is 0. The van der Waals surface area contributed by atoms with Crippen LogP contribution in [0.1, 0.15) is 47.5 Å². The molecule has 136 valence electrons. The number of rotatable bonds is 8. The van der Waals surface area contributed by atoms with Crippen molar-refractivity contribution in [2.75, 3.05) is 6.54 Å². The SMILES string of the molecule is CC(=O)c1cc(CCC(=O)NCCCc2nc3ccccc3[nH]2)oc1C. The average molecular weight is 353 g/mol. The number of H-pyrrole nitrogens is 1. The Morgan fingerprint density at radius 3 is 2.77 bits per heavy atom. The number of hydrogen-bond donors (Lipinski definition) is 2. The van der Waals surface area contributed by atoms with Crippen molar-refractivity contribution in [3.05, 3.63) is 53.2 Å². The number of para-hydroxylation sites is 2. The standard InChI is InChI=1S/C20H23N3O3/c1-13(24)16-12-15(26-14(16)2)9-10-20(25)21-11-5-8-19-22-17-6-3-4-7-18(17)23-19/h3-4,6-7,12H,5,8-11H2,1-2H3,(H,21,25)(H,22,23). The van der Waals surface area contributed by atoms with E-state index in [0.717, 1.165) is 29.7 Å². The number of fused-ring (bicyclic) bond motifs is 1. The van der Waals surface area contributed by atoms with Crippen molar-refractivity contribution in [3.8, 4) is 0 Å². The topological polar surface area (TPSA) is 88.0 Å². The number of aromatic amines is 1. The number of nitrogens with one attached hydrogen (secondary N) is 2. The fraction of sp³-hybridized carbons (Fsp3) is 0.350. The van der Waals surface area contributed by atoms with Gasteiger partial charge in [0.05, 0.1) is 16.6 Å². The van der Waals surface area contributed by atoms with Crippen molar-refractivity contribution in [1.82, 2.24) is 15.3 Å². The quantitative estimate of drug-likeness (QED) is 0.480. The van der Waals surface area contributed by atoms with Gasteiger partial charge in [-0.2, -0.15) is 0 Å². The van der Waals surface area contributed by atoms with Gasteiger partial charge >= 0.3 is 0 Å². The molecule has 3 aromatic rings. The van der Waals surface area contributed by atoms with Crippen LogP contribution in [0.15, 0.2) is 34.7 Å². The van der Waals surface area contributed by atoms with Crippen LogP contribution < -0.4 is 5.32 Å². The summed E-state index contributed by atoms with van der Waals surface area (Å²) in [5.74, 6) is 2.17. The first kappa shape index (κ1) is 17.9. The highest BCUT2D eigenvalue weighted by Crippen LogP contribution is 2.16. The van der Waals surface area contributed by atoms with E-state index in [0.29, 0.717) is 36.5 Å². The molecule has 3 rings (SSSR count). The van der Waals surface area contributed by atoms with E-state index in [1.807, 2.05) is 24.3 Å². The van der Waals surface area contributed by atoms with Gasteiger partial charge in [-0.15, -0.1) is 0 Å². The van der Waals surface area contributed by atoms with Gasteiger partial charge in [0, 0.05) is 25.8 Å². The third-order valence-corrected chi connectivity index (χ3v) is 4.30. The van der Waals surface area contributed by atoms with Crippen LogP contribution in [0.5, 0.6) is 0 Å². The highest BCUT2D eigenvalue weighted by atomic mass is 16.3. The number of nitrogens with zero attached hydrogens (tertiary/aromatic N) is 1. The van der Waals surface area contributed by atoms with Crippen LogP contribution in [0, 0.1) is 6.92 Å². The fourth-order valence-corrected chi connectivity index (χ4v) is 2.95. The van der Waals surface area contributed by atoms with Crippen molar-refractivity contribution in [2.24, 2.45) is 0 Å². The number of ketones is 1. The minimum absolute atomic E-state index is 0.0203. The van der Waals surface area contributed by atoms with Gasteiger partial charge in [-0.1, -0.05) is 12.1 Å². The first-order valence-corrected chi connectivity index (χ1v) is 8.83. The number of Topliss-reactive ketones (excluding diaryl/α,β-unsaturated/α-hetero) is 1. The second-order valence-electron chi connectivity index (χ2n) is 6.39. The third-order valence-electron chi connectivity index (χ3n) is 4.30. The number of carbonyl (C=O) groups excluding carboxylic acids is 2. The van der Waals surface area contributed by atoms with Gasteiger partial charge < -0.3 is 14.7 Å². The highest BCUT2D eigenvalue weighted by molar-refractivity contribution is 5.95. The summed E-state index contributed by atoms with van der Waals surface area (Å²) in [5, 5.41) is 2.91. The molecule has 2 aromatic heterocycles. The number of aryl methyl sites for hydroxylation is 3. The normalized spacial score (nSPS) is 11.0. The van der Waals surface area contributed by atoms with Crippen molar-refractivity contribution in [3.63, 3.8) is 0 Å². The Balaban J connectivity index is 1.39. The monoisotopic (exact) mass is 353 g/mol. The Morgan fingerprint density at radius 1 is 1.23 bits per heavy atom. The molecule has 0 spiro atoms. The average Bonchev–Trinajstić information content (AvgIpc) is 3.19.